The minimum Gasteiger partial charge on any atom is -0.353 e. The van der Waals surface area contributed by atoms with Crippen LogP contribution < -0.4 is 0 Å². The molecule has 0 atom stereocenters. The minimum absolute atomic E-state index is 0.00974. The van der Waals surface area contributed by atoms with Gasteiger partial charge in [-0.1, -0.05) is 41.9 Å². The van der Waals surface area contributed by atoms with Crippen molar-refractivity contribution < 1.29 is 4.79 Å². The van der Waals surface area contributed by atoms with Gasteiger partial charge in [0.15, 0.2) is 5.78 Å². The predicted molar refractivity (Wildman–Crippen MR) is 93.1 cm³/mol. The molecule has 4 heteroatoms. The van der Waals surface area contributed by atoms with Crippen molar-refractivity contribution in [2.75, 3.05) is 0 Å². The molecule has 2 aromatic carbocycles. The van der Waals surface area contributed by atoms with Gasteiger partial charge in [0.25, 0.3) is 0 Å². The zero-order valence-electron chi connectivity index (χ0n) is 12.2. The smallest absolute Gasteiger partial charge is 0.187 e. The van der Waals surface area contributed by atoms with Gasteiger partial charge >= 0.3 is 0 Å². The van der Waals surface area contributed by atoms with Crippen molar-refractivity contribution in [3.8, 4) is 0 Å². The molecule has 0 aliphatic carbocycles. The zero-order chi connectivity index (χ0) is 15.8. The number of aromatic amines is 1. The molecule has 0 spiro atoms. The maximum atomic E-state index is 12.7. The van der Waals surface area contributed by atoms with Crippen molar-refractivity contribution >= 4 is 39.2 Å². The van der Waals surface area contributed by atoms with Crippen LogP contribution in [0.2, 0.25) is 5.02 Å². The van der Waals surface area contributed by atoms with E-state index in [0.717, 1.165) is 27.4 Å². The summed E-state index contributed by atoms with van der Waals surface area (Å²) in [7, 11) is 0. The highest BCUT2D eigenvalue weighted by Crippen LogP contribution is 2.27. The molecule has 0 aliphatic rings. The third-order valence-electron chi connectivity index (χ3n) is 3.97. The molecule has 23 heavy (non-hydrogen) atoms. The number of fused-ring (bicyclic) bond motifs is 3. The Hall–Kier alpha value is -2.65. The molecule has 0 fully saturated rings. The zero-order valence-corrected chi connectivity index (χ0v) is 13.0. The van der Waals surface area contributed by atoms with Crippen LogP contribution in [0.1, 0.15) is 16.1 Å². The van der Waals surface area contributed by atoms with Gasteiger partial charge in [-0.3, -0.25) is 9.78 Å². The van der Waals surface area contributed by atoms with Crippen molar-refractivity contribution in [2.24, 2.45) is 0 Å². The lowest BCUT2D eigenvalue weighted by Crippen LogP contribution is -2.06. The van der Waals surface area contributed by atoms with E-state index < -0.39 is 0 Å². The Balaban J connectivity index is 1.78. The number of H-pyrrole nitrogens is 1. The second-order valence-corrected chi connectivity index (χ2v) is 5.92. The summed E-state index contributed by atoms with van der Waals surface area (Å²) in [5.41, 5.74) is 3.21. The summed E-state index contributed by atoms with van der Waals surface area (Å²) in [5.74, 6) is -0.00974. The van der Waals surface area contributed by atoms with Crippen LogP contribution in [0, 0.1) is 0 Å². The molecule has 0 radical (unpaired) electrons. The first-order chi connectivity index (χ1) is 11.2. The van der Waals surface area contributed by atoms with Gasteiger partial charge in [0.2, 0.25) is 0 Å². The number of nitrogens with one attached hydrogen (secondary N) is 1. The lowest BCUT2D eigenvalue weighted by molar-refractivity contribution is 0.0990. The average molecular weight is 321 g/mol. The van der Waals surface area contributed by atoms with E-state index >= 15 is 0 Å². The third kappa shape index (κ3) is 2.49. The van der Waals surface area contributed by atoms with Gasteiger partial charge < -0.3 is 4.98 Å². The van der Waals surface area contributed by atoms with Crippen LogP contribution in [0.3, 0.4) is 0 Å². The summed E-state index contributed by atoms with van der Waals surface area (Å²) in [6.45, 7) is 0. The van der Waals surface area contributed by atoms with Gasteiger partial charge in [-0.05, 0) is 29.8 Å². The van der Waals surface area contributed by atoms with E-state index in [1.54, 1.807) is 18.3 Å². The molecule has 0 bridgehead atoms. The van der Waals surface area contributed by atoms with E-state index in [0.29, 0.717) is 17.1 Å². The van der Waals surface area contributed by atoms with Gasteiger partial charge in [0, 0.05) is 33.9 Å². The molecule has 4 rings (SSSR count). The van der Waals surface area contributed by atoms with Crippen LogP contribution in [0.4, 0.5) is 0 Å². The molecule has 0 aliphatic heterocycles. The number of benzene rings is 2. The summed E-state index contributed by atoms with van der Waals surface area (Å²) >= 11 is 5.89. The molecule has 2 aromatic heterocycles. The van der Waals surface area contributed by atoms with E-state index in [1.165, 1.54) is 0 Å². The Labute approximate surface area is 137 Å². The Morgan fingerprint density at radius 2 is 1.78 bits per heavy atom. The topological polar surface area (TPSA) is 45.8 Å². The Kier molecular flexibility index (Phi) is 3.36. The molecule has 0 amide bonds. The van der Waals surface area contributed by atoms with Crippen LogP contribution in [-0.2, 0) is 6.42 Å². The standard InChI is InChI=1S/C19H13ClN2O/c20-13-7-5-12(6-8-13)11-17(23)19-18-15(9-10-21-19)14-3-1-2-4-16(14)22-18/h1-10,22H,11H2. The molecule has 112 valence electrons. The number of Topliss-reactive ketones (excluding diaryl/α,β-unsaturated/α-hetero) is 1. The number of para-hydroxylation sites is 1. The minimum atomic E-state index is -0.00974. The average Bonchev–Trinajstić information content (AvgIpc) is 2.95. The number of pyridine rings is 1. The summed E-state index contributed by atoms with van der Waals surface area (Å²) in [6.07, 6.45) is 2.00. The predicted octanol–water partition coefficient (Wildman–Crippen LogP) is 4.79. The Morgan fingerprint density at radius 1 is 1.00 bits per heavy atom. The lowest BCUT2D eigenvalue weighted by Gasteiger charge is -2.03. The summed E-state index contributed by atoms with van der Waals surface area (Å²) in [5, 5.41) is 2.79. The lowest BCUT2D eigenvalue weighted by atomic mass is 10.0. The molecule has 2 heterocycles. The van der Waals surface area contributed by atoms with Crippen LogP contribution >= 0.6 is 11.6 Å². The van der Waals surface area contributed by atoms with E-state index in [1.807, 2.05) is 42.5 Å². The first-order valence-electron chi connectivity index (χ1n) is 7.35. The van der Waals surface area contributed by atoms with E-state index in [2.05, 4.69) is 9.97 Å². The van der Waals surface area contributed by atoms with Crippen molar-refractivity contribution in [1.29, 1.82) is 0 Å². The van der Waals surface area contributed by atoms with Gasteiger partial charge in [0.1, 0.15) is 5.69 Å². The molecule has 3 nitrogen and oxygen atoms in total. The Morgan fingerprint density at radius 3 is 2.61 bits per heavy atom. The van der Waals surface area contributed by atoms with E-state index in [9.17, 15) is 4.79 Å². The van der Waals surface area contributed by atoms with E-state index in [-0.39, 0.29) is 5.78 Å². The number of hydrogen-bond acceptors (Lipinski definition) is 2. The van der Waals surface area contributed by atoms with Crippen LogP contribution in [0.5, 0.6) is 0 Å². The van der Waals surface area contributed by atoms with Gasteiger partial charge in [-0.2, -0.15) is 0 Å². The molecular formula is C19H13ClN2O. The number of rotatable bonds is 3. The fourth-order valence-corrected chi connectivity index (χ4v) is 2.98. The Bertz CT molecular complexity index is 1020. The monoisotopic (exact) mass is 320 g/mol. The molecule has 0 unspecified atom stereocenters. The van der Waals surface area contributed by atoms with Crippen molar-refractivity contribution in [3.63, 3.8) is 0 Å². The molecule has 4 aromatic rings. The van der Waals surface area contributed by atoms with Gasteiger partial charge in [-0.25, -0.2) is 0 Å². The highest BCUT2D eigenvalue weighted by Gasteiger charge is 2.15. The van der Waals surface area contributed by atoms with E-state index in [4.69, 9.17) is 11.6 Å². The highest BCUT2D eigenvalue weighted by atomic mass is 35.5. The van der Waals surface area contributed by atoms with Crippen LogP contribution in [0.15, 0.2) is 60.8 Å². The second kappa shape index (κ2) is 5.52. The summed E-state index contributed by atoms with van der Waals surface area (Å²) in [6, 6.07) is 17.3. The molecular weight excluding hydrogens is 308 g/mol. The van der Waals surface area contributed by atoms with Crippen molar-refractivity contribution in [2.45, 2.75) is 6.42 Å². The number of carbonyl (C=O) groups excluding carboxylic acids is 1. The first-order valence-corrected chi connectivity index (χ1v) is 7.73. The fourth-order valence-electron chi connectivity index (χ4n) is 2.86. The van der Waals surface area contributed by atoms with Gasteiger partial charge in [0.05, 0.1) is 5.52 Å². The normalized spacial score (nSPS) is 11.2. The fraction of sp³-hybridized carbons (Fsp3) is 0.0526. The molecule has 1 N–H and O–H groups in total. The largest absolute Gasteiger partial charge is 0.353 e. The second-order valence-electron chi connectivity index (χ2n) is 5.48. The number of ketones is 1. The van der Waals surface area contributed by atoms with Crippen LogP contribution in [0.25, 0.3) is 21.8 Å². The van der Waals surface area contributed by atoms with Crippen LogP contribution in [-0.4, -0.2) is 15.8 Å². The number of carbonyl (C=O) groups is 1. The summed E-state index contributed by atoms with van der Waals surface area (Å²) < 4.78 is 0. The maximum absolute atomic E-state index is 12.7. The molecule has 0 saturated carbocycles. The van der Waals surface area contributed by atoms with Crippen molar-refractivity contribution in [1.82, 2.24) is 9.97 Å². The molecule has 0 saturated heterocycles. The first kappa shape index (κ1) is 14.0. The third-order valence-corrected chi connectivity index (χ3v) is 4.22. The number of nitrogens with zero attached hydrogens (tertiary/aromatic N) is 1. The SMILES string of the molecule is O=C(Cc1ccc(Cl)cc1)c1nccc2c1[nH]c1ccccc12. The van der Waals surface area contributed by atoms with Crippen molar-refractivity contribution in [3.05, 3.63) is 77.1 Å². The summed E-state index contributed by atoms with van der Waals surface area (Å²) in [4.78, 5) is 20.3. The number of aromatic nitrogens is 2. The highest BCUT2D eigenvalue weighted by molar-refractivity contribution is 6.30. The number of hydrogen-bond donors (Lipinski definition) is 1. The van der Waals surface area contributed by atoms with Gasteiger partial charge in [-0.15, -0.1) is 0 Å². The maximum Gasteiger partial charge on any atom is 0.187 e. The quantitative estimate of drug-likeness (QED) is 0.551. The number of halogens is 1.